The summed E-state index contributed by atoms with van der Waals surface area (Å²) in [5, 5.41) is 22.8. The molecule has 2 amide bonds. The molecule has 0 unspecified atom stereocenters. The van der Waals surface area contributed by atoms with Gasteiger partial charge in [-0.2, -0.15) is 5.10 Å². The highest BCUT2D eigenvalue weighted by molar-refractivity contribution is 6.06. The Morgan fingerprint density at radius 1 is 1.35 bits per heavy atom. The topological polar surface area (TPSA) is 130 Å². The van der Waals surface area contributed by atoms with E-state index in [-0.39, 0.29) is 23.8 Å². The summed E-state index contributed by atoms with van der Waals surface area (Å²) in [6.07, 6.45) is 0. The number of carbonyl (C=O) groups is 2. The van der Waals surface area contributed by atoms with Crippen molar-refractivity contribution in [2.24, 2.45) is 0 Å². The molecular weight excluding hydrogens is 302 g/mol. The van der Waals surface area contributed by atoms with Crippen molar-refractivity contribution >= 4 is 28.4 Å². The molecule has 122 valence electrons. The Hall–Kier alpha value is -2.97. The number of carbonyl (C=O) groups excluding carboxylic acids is 2. The molecule has 0 atom stereocenters. The summed E-state index contributed by atoms with van der Waals surface area (Å²) in [6.45, 7) is 5.27. The van der Waals surface area contributed by atoms with E-state index >= 15 is 0 Å². The van der Waals surface area contributed by atoms with E-state index in [9.17, 15) is 19.7 Å². The quantitative estimate of drug-likeness (QED) is 0.574. The highest BCUT2D eigenvalue weighted by Crippen LogP contribution is 2.21. The van der Waals surface area contributed by atoms with Crippen molar-refractivity contribution in [2.45, 2.75) is 26.3 Å². The molecule has 0 aliphatic carbocycles. The van der Waals surface area contributed by atoms with Crippen LogP contribution in [0.4, 0.5) is 5.69 Å². The number of nitrogens with one attached hydrogen (secondary N) is 3. The third kappa shape index (κ3) is 4.02. The molecule has 0 radical (unpaired) electrons. The number of hydrogen-bond acceptors (Lipinski definition) is 5. The second kappa shape index (κ2) is 6.03. The molecule has 3 N–H and O–H groups in total. The lowest BCUT2D eigenvalue weighted by Crippen LogP contribution is -2.45. The average Bonchev–Trinajstić information content (AvgIpc) is 2.85. The highest BCUT2D eigenvalue weighted by Gasteiger charge is 2.19. The van der Waals surface area contributed by atoms with Gasteiger partial charge in [-0.15, -0.1) is 0 Å². The third-order valence-electron chi connectivity index (χ3n) is 2.90. The summed E-state index contributed by atoms with van der Waals surface area (Å²) < 4.78 is 0. The fourth-order valence-corrected chi connectivity index (χ4v) is 2.00. The normalized spacial score (nSPS) is 11.3. The lowest BCUT2D eigenvalue weighted by atomic mass is 10.1. The lowest BCUT2D eigenvalue weighted by Gasteiger charge is -2.20. The number of H-pyrrole nitrogens is 1. The van der Waals surface area contributed by atoms with Crippen molar-refractivity contribution in [3.8, 4) is 0 Å². The molecule has 0 bridgehead atoms. The van der Waals surface area contributed by atoms with Crippen LogP contribution >= 0.6 is 0 Å². The first kappa shape index (κ1) is 16.4. The molecule has 9 heteroatoms. The molecule has 1 heterocycles. The number of nitro groups is 1. The predicted molar refractivity (Wildman–Crippen MR) is 83.0 cm³/mol. The van der Waals surface area contributed by atoms with Gasteiger partial charge in [0.15, 0.2) is 5.69 Å². The summed E-state index contributed by atoms with van der Waals surface area (Å²) in [5.74, 6) is -0.919. The maximum Gasteiger partial charge on any atom is 0.272 e. The van der Waals surface area contributed by atoms with E-state index in [0.717, 1.165) is 0 Å². The van der Waals surface area contributed by atoms with Crippen molar-refractivity contribution in [2.75, 3.05) is 6.54 Å². The van der Waals surface area contributed by atoms with Crippen molar-refractivity contribution in [3.05, 3.63) is 34.0 Å². The van der Waals surface area contributed by atoms with E-state index in [1.54, 1.807) is 0 Å². The molecule has 0 saturated carbocycles. The molecule has 2 rings (SSSR count). The molecule has 1 aromatic heterocycles. The molecule has 0 aliphatic heterocycles. The van der Waals surface area contributed by atoms with Gasteiger partial charge in [-0.05, 0) is 26.8 Å². The third-order valence-corrected chi connectivity index (χ3v) is 2.90. The van der Waals surface area contributed by atoms with E-state index in [4.69, 9.17) is 0 Å². The van der Waals surface area contributed by atoms with Crippen molar-refractivity contribution in [1.29, 1.82) is 0 Å². The standard InChI is InChI=1S/C14H17N5O4/c1-14(2,3)16-11(20)7-15-13(21)12-9-6-8(19(22)23)4-5-10(9)17-18-12/h4-6H,7H2,1-3H3,(H,15,21)(H,16,20)(H,17,18). The van der Waals surface area contributed by atoms with Crippen LogP contribution in [0.5, 0.6) is 0 Å². The number of fused-ring (bicyclic) bond motifs is 1. The van der Waals surface area contributed by atoms with Gasteiger partial charge in [-0.1, -0.05) is 0 Å². The van der Waals surface area contributed by atoms with Gasteiger partial charge in [0.1, 0.15) is 0 Å². The smallest absolute Gasteiger partial charge is 0.272 e. The zero-order chi connectivity index (χ0) is 17.2. The van der Waals surface area contributed by atoms with E-state index in [2.05, 4.69) is 20.8 Å². The van der Waals surface area contributed by atoms with Crippen molar-refractivity contribution in [1.82, 2.24) is 20.8 Å². The Morgan fingerprint density at radius 2 is 2.04 bits per heavy atom. The number of aromatic amines is 1. The lowest BCUT2D eigenvalue weighted by molar-refractivity contribution is -0.384. The van der Waals surface area contributed by atoms with Gasteiger partial charge < -0.3 is 10.6 Å². The second-order valence-corrected chi connectivity index (χ2v) is 6.04. The Labute approximate surface area is 131 Å². The van der Waals surface area contributed by atoms with Gasteiger partial charge >= 0.3 is 0 Å². The van der Waals surface area contributed by atoms with E-state index < -0.39 is 16.4 Å². The van der Waals surface area contributed by atoms with E-state index in [1.807, 2.05) is 20.8 Å². The van der Waals surface area contributed by atoms with Crippen LogP contribution in [0.15, 0.2) is 18.2 Å². The van der Waals surface area contributed by atoms with Crippen LogP contribution < -0.4 is 10.6 Å². The fraction of sp³-hybridized carbons (Fsp3) is 0.357. The Morgan fingerprint density at radius 3 is 2.65 bits per heavy atom. The number of aromatic nitrogens is 2. The zero-order valence-corrected chi connectivity index (χ0v) is 13.0. The van der Waals surface area contributed by atoms with Crippen LogP contribution in [0.25, 0.3) is 10.9 Å². The zero-order valence-electron chi connectivity index (χ0n) is 13.0. The number of non-ortho nitro benzene ring substituents is 1. The summed E-state index contributed by atoms with van der Waals surface area (Å²) in [6, 6.07) is 4.06. The number of hydrogen-bond donors (Lipinski definition) is 3. The maximum absolute atomic E-state index is 12.1. The molecule has 0 fully saturated rings. The first-order chi connectivity index (χ1) is 10.7. The van der Waals surface area contributed by atoms with Crippen LogP contribution in [-0.4, -0.2) is 39.0 Å². The first-order valence-electron chi connectivity index (χ1n) is 6.89. The van der Waals surface area contributed by atoms with Crippen LogP contribution in [0, 0.1) is 10.1 Å². The van der Waals surface area contributed by atoms with Crippen molar-refractivity contribution < 1.29 is 14.5 Å². The second-order valence-electron chi connectivity index (χ2n) is 6.04. The highest BCUT2D eigenvalue weighted by atomic mass is 16.6. The van der Waals surface area contributed by atoms with Crippen molar-refractivity contribution in [3.63, 3.8) is 0 Å². The van der Waals surface area contributed by atoms with Gasteiger partial charge in [0.05, 0.1) is 17.0 Å². The minimum atomic E-state index is -0.583. The Balaban J connectivity index is 2.13. The van der Waals surface area contributed by atoms with E-state index in [1.165, 1.54) is 18.2 Å². The fourth-order valence-electron chi connectivity index (χ4n) is 2.00. The van der Waals surface area contributed by atoms with Crippen LogP contribution in [0.2, 0.25) is 0 Å². The van der Waals surface area contributed by atoms with Crippen LogP contribution in [-0.2, 0) is 4.79 Å². The maximum atomic E-state index is 12.1. The molecule has 2 aromatic rings. The predicted octanol–water partition coefficient (Wildman–Crippen LogP) is 1.12. The van der Waals surface area contributed by atoms with E-state index in [0.29, 0.717) is 10.9 Å². The number of benzene rings is 1. The summed E-state index contributed by atoms with van der Waals surface area (Å²) in [5.41, 5.74) is -0.0351. The minimum absolute atomic E-state index is 0.00672. The molecule has 0 spiro atoms. The number of rotatable bonds is 4. The van der Waals surface area contributed by atoms with Gasteiger partial charge in [-0.3, -0.25) is 24.8 Å². The molecule has 1 aromatic carbocycles. The first-order valence-corrected chi connectivity index (χ1v) is 6.89. The van der Waals surface area contributed by atoms with Gasteiger partial charge in [0.25, 0.3) is 11.6 Å². The molecule has 23 heavy (non-hydrogen) atoms. The molecule has 0 aliphatic rings. The summed E-state index contributed by atoms with van der Waals surface area (Å²) >= 11 is 0. The largest absolute Gasteiger partial charge is 0.350 e. The Bertz CT molecular complexity index is 775. The SMILES string of the molecule is CC(C)(C)NC(=O)CNC(=O)c1n[nH]c2ccc([N+](=O)[O-])cc12. The summed E-state index contributed by atoms with van der Waals surface area (Å²) in [4.78, 5) is 34.1. The number of nitro benzene ring substituents is 1. The number of nitrogens with zero attached hydrogens (tertiary/aromatic N) is 2. The van der Waals surface area contributed by atoms with Crippen LogP contribution in [0.3, 0.4) is 0 Å². The minimum Gasteiger partial charge on any atom is -0.350 e. The average molecular weight is 319 g/mol. The molecule has 0 saturated heterocycles. The molecular formula is C14H17N5O4. The van der Waals surface area contributed by atoms with Gasteiger partial charge in [0.2, 0.25) is 5.91 Å². The summed E-state index contributed by atoms with van der Waals surface area (Å²) in [7, 11) is 0. The van der Waals surface area contributed by atoms with Crippen LogP contribution in [0.1, 0.15) is 31.3 Å². The number of amides is 2. The van der Waals surface area contributed by atoms with Gasteiger partial charge in [-0.25, -0.2) is 0 Å². The van der Waals surface area contributed by atoms with Gasteiger partial charge in [0, 0.05) is 23.1 Å². The Kier molecular flexibility index (Phi) is 4.30. The molecule has 9 nitrogen and oxygen atoms in total. The monoisotopic (exact) mass is 319 g/mol.